The molecule has 5 heteroatoms. The summed E-state index contributed by atoms with van der Waals surface area (Å²) < 4.78 is 16.7. The molecule has 2 rings (SSSR count). The van der Waals surface area contributed by atoms with Crippen molar-refractivity contribution in [2.24, 2.45) is 0 Å². The highest BCUT2D eigenvalue weighted by atomic mass is 16.7. The zero-order valence-electron chi connectivity index (χ0n) is 12.5. The minimum atomic E-state index is -0.563. The van der Waals surface area contributed by atoms with E-state index in [1.165, 1.54) is 0 Å². The largest absolute Gasteiger partial charge is 0.493 e. The second-order valence-corrected chi connectivity index (χ2v) is 5.20. The van der Waals surface area contributed by atoms with Gasteiger partial charge in [-0.25, -0.2) is 0 Å². The van der Waals surface area contributed by atoms with Crippen LogP contribution < -0.4 is 10.1 Å². The Balaban J connectivity index is 1.57. The lowest BCUT2D eigenvalue weighted by molar-refractivity contribution is -0.257. The average Bonchev–Trinajstić information content (AvgIpc) is 2.49. The number of carbonyl (C=O) groups is 1. The highest BCUT2D eigenvalue weighted by molar-refractivity contribution is 5.75. The summed E-state index contributed by atoms with van der Waals surface area (Å²) in [7, 11) is 0. The first kappa shape index (κ1) is 15.8. The van der Waals surface area contributed by atoms with Crippen molar-refractivity contribution in [1.82, 2.24) is 5.32 Å². The van der Waals surface area contributed by atoms with Gasteiger partial charge in [-0.15, -0.1) is 0 Å². The third kappa shape index (κ3) is 5.73. The zero-order chi connectivity index (χ0) is 15.0. The molecule has 0 aromatic heterocycles. The lowest BCUT2D eigenvalue weighted by atomic mass is 10.2. The second-order valence-electron chi connectivity index (χ2n) is 5.20. The van der Waals surface area contributed by atoms with E-state index in [0.717, 1.165) is 25.4 Å². The van der Waals surface area contributed by atoms with Crippen LogP contribution in [0.3, 0.4) is 0 Å². The summed E-state index contributed by atoms with van der Waals surface area (Å²) in [4.78, 5) is 11.7. The molecule has 0 saturated carbocycles. The quantitative estimate of drug-likeness (QED) is 0.836. The number of nitrogens with one attached hydrogen (secondary N) is 1. The summed E-state index contributed by atoms with van der Waals surface area (Å²) >= 11 is 0. The molecule has 1 saturated heterocycles. The molecule has 0 atom stereocenters. The molecule has 116 valence electrons. The van der Waals surface area contributed by atoms with Crippen molar-refractivity contribution < 1.29 is 19.0 Å². The number of benzene rings is 1. The third-order valence-electron chi connectivity index (χ3n) is 3.35. The van der Waals surface area contributed by atoms with Crippen LogP contribution >= 0.6 is 0 Å². The number of para-hydroxylation sites is 1. The molecule has 0 radical (unpaired) electrons. The van der Waals surface area contributed by atoms with Gasteiger partial charge in [-0.2, -0.15) is 0 Å². The summed E-state index contributed by atoms with van der Waals surface area (Å²) in [6.45, 7) is 4.27. The van der Waals surface area contributed by atoms with Crippen LogP contribution in [-0.2, 0) is 14.3 Å². The Kier molecular flexibility index (Phi) is 6.02. The molecule has 1 heterocycles. The molecule has 1 N–H and O–H groups in total. The average molecular weight is 293 g/mol. The fourth-order valence-corrected chi connectivity index (χ4v) is 2.12. The van der Waals surface area contributed by atoms with Gasteiger partial charge in [-0.3, -0.25) is 4.79 Å². The standard InChI is InChI=1S/C16H23NO4/c1-16(20-11-5-12-21-16)9-10-17-15(18)8-13-19-14-6-3-2-4-7-14/h2-4,6-7H,5,8-13H2,1H3,(H,17,18). The van der Waals surface area contributed by atoms with Gasteiger partial charge in [0.25, 0.3) is 0 Å². The predicted molar refractivity (Wildman–Crippen MR) is 79.1 cm³/mol. The van der Waals surface area contributed by atoms with Gasteiger partial charge in [0.2, 0.25) is 5.91 Å². The van der Waals surface area contributed by atoms with Gasteiger partial charge >= 0.3 is 0 Å². The monoisotopic (exact) mass is 293 g/mol. The number of ether oxygens (including phenoxy) is 3. The zero-order valence-corrected chi connectivity index (χ0v) is 12.5. The van der Waals surface area contributed by atoms with Crippen LogP contribution in [0.15, 0.2) is 30.3 Å². The van der Waals surface area contributed by atoms with Crippen LogP contribution in [0, 0.1) is 0 Å². The Morgan fingerprint density at radius 1 is 1.29 bits per heavy atom. The van der Waals surface area contributed by atoms with Crippen LogP contribution in [0.25, 0.3) is 0 Å². The summed E-state index contributed by atoms with van der Waals surface area (Å²) in [6.07, 6.45) is 1.92. The van der Waals surface area contributed by atoms with Crippen LogP contribution in [0.5, 0.6) is 5.75 Å². The van der Waals surface area contributed by atoms with E-state index >= 15 is 0 Å². The van der Waals surface area contributed by atoms with E-state index in [1.807, 2.05) is 37.3 Å². The Labute approximate surface area is 125 Å². The van der Waals surface area contributed by atoms with Crippen molar-refractivity contribution in [2.45, 2.75) is 32.0 Å². The smallest absolute Gasteiger partial charge is 0.223 e. The van der Waals surface area contributed by atoms with E-state index in [4.69, 9.17) is 14.2 Å². The number of hydrogen-bond donors (Lipinski definition) is 1. The summed E-state index contributed by atoms with van der Waals surface area (Å²) in [5, 5.41) is 2.86. The fraction of sp³-hybridized carbons (Fsp3) is 0.562. The highest BCUT2D eigenvalue weighted by Crippen LogP contribution is 2.21. The first-order valence-corrected chi connectivity index (χ1v) is 7.40. The van der Waals surface area contributed by atoms with E-state index < -0.39 is 5.79 Å². The molecule has 21 heavy (non-hydrogen) atoms. The lowest BCUT2D eigenvalue weighted by Crippen LogP contribution is -2.41. The summed E-state index contributed by atoms with van der Waals surface area (Å²) in [5.41, 5.74) is 0. The van der Waals surface area contributed by atoms with E-state index in [9.17, 15) is 4.79 Å². The Morgan fingerprint density at radius 3 is 2.71 bits per heavy atom. The van der Waals surface area contributed by atoms with Crippen LogP contribution in [0.4, 0.5) is 0 Å². The van der Waals surface area contributed by atoms with E-state index in [0.29, 0.717) is 26.0 Å². The van der Waals surface area contributed by atoms with Crippen molar-refractivity contribution in [1.29, 1.82) is 0 Å². The van der Waals surface area contributed by atoms with Gasteiger partial charge in [0.1, 0.15) is 5.75 Å². The predicted octanol–water partition coefficient (Wildman–Crippen LogP) is 2.11. The number of carbonyl (C=O) groups excluding carboxylic acids is 1. The van der Waals surface area contributed by atoms with E-state index in [1.54, 1.807) is 0 Å². The molecule has 5 nitrogen and oxygen atoms in total. The molecule has 1 aliphatic rings. The Hall–Kier alpha value is -1.59. The normalized spacial score (nSPS) is 17.2. The van der Waals surface area contributed by atoms with Crippen molar-refractivity contribution in [2.75, 3.05) is 26.4 Å². The van der Waals surface area contributed by atoms with Crippen LogP contribution in [-0.4, -0.2) is 38.1 Å². The van der Waals surface area contributed by atoms with E-state index in [2.05, 4.69) is 5.32 Å². The van der Waals surface area contributed by atoms with Gasteiger partial charge in [-0.05, 0) is 25.5 Å². The number of hydrogen-bond acceptors (Lipinski definition) is 4. The number of amides is 1. The first-order valence-electron chi connectivity index (χ1n) is 7.40. The second kappa shape index (κ2) is 8.00. The van der Waals surface area contributed by atoms with Crippen molar-refractivity contribution in [3.8, 4) is 5.75 Å². The van der Waals surface area contributed by atoms with E-state index in [-0.39, 0.29) is 5.91 Å². The maximum Gasteiger partial charge on any atom is 0.223 e. The summed E-state index contributed by atoms with van der Waals surface area (Å²) in [5.74, 6) is 0.193. The first-order chi connectivity index (χ1) is 10.2. The number of rotatable bonds is 7. The lowest BCUT2D eigenvalue weighted by Gasteiger charge is -2.33. The van der Waals surface area contributed by atoms with Gasteiger partial charge in [0.05, 0.1) is 26.2 Å². The van der Waals surface area contributed by atoms with Crippen molar-refractivity contribution in [3.05, 3.63) is 30.3 Å². The fourth-order valence-electron chi connectivity index (χ4n) is 2.12. The van der Waals surface area contributed by atoms with Crippen molar-refractivity contribution in [3.63, 3.8) is 0 Å². The molecular formula is C16H23NO4. The summed E-state index contributed by atoms with van der Waals surface area (Å²) in [6, 6.07) is 9.48. The SMILES string of the molecule is CC1(CCNC(=O)CCOc2ccccc2)OCCCO1. The molecule has 1 fully saturated rings. The molecule has 0 aliphatic carbocycles. The van der Waals surface area contributed by atoms with Crippen molar-refractivity contribution >= 4 is 5.91 Å². The molecule has 1 aromatic rings. The van der Waals surface area contributed by atoms with Crippen LogP contribution in [0.2, 0.25) is 0 Å². The molecule has 0 spiro atoms. The van der Waals surface area contributed by atoms with Gasteiger partial charge < -0.3 is 19.5 Å². The molecule has 1 amide bonds. The third-order valence-corrected chi connectivity index (χ3v) is 3.35. The molecule has 1 aromatic carbocycles. The maximum absolute atomic E-state index is 11.7. The Morgan fingerprint density at radius 2 is 2.00 bits per heavy atom. The Bertz CT molecular complexity index is 429. The molecule has 0 unspecified atom stereocenters. The molecule has 0 bridgehead atoms. The molecule has 1 aliphatic heterocycles. The van der Waals surface area contributed by atoms with Gasteiger partial charge in [0, 0.05) is 13.0 Å². The topological polar surface area (TPSA) is 56.8 Å². The highest BCUT2D eigenvalue weighted by Gasteiger charge is 2.28. The minimum absolute atomic E-state index is 0.0228. The molecular weight excluding hydrogens is 270 g/mol. The van der Waals surface area contributed by atoms with Gasteiger partial charge in [-0.1, -0.05) is 18.2 Å². The maximum atomic E-state index is 11.7. The minimum Gasteiger partial charge on any atom is -0.493 e. The van der Waals surface area contributed by atoms with Gasteiger partial charge in [0.15, 0.2) is 5.79 Å². The van der Waals surface area contributed by atoms with Crippen LogP contribution in [0.1, 0.15) is 26.2 Å².